The molecule has 0 aliphatic carbocycles. The van der Waals surface area contributed by atoms with Crippen molar-refractivity contribution >= 4 is 5.97 Å². The van der Waals surface area contributed by atoms with Crippen LogP contribution in [-0.4, -0.2) is 43.7 Å². The number of rotatable bonds is 6. The van der Waals surface area contributed by atoms with Crippen molar-refractivity contribution in [2.45, 2.75) is 32.4 Å². The Morgan fingerprint density at radius 1 is 1.33 bits per heavy atom. The predicted molar refractivity (Wildman–Crippen MR) is 83.9 cm³/mol. The first kappa shape index (κ1) is 16.0. The van der Waals surface area contributed by atoms with E-state index in [0.717, 1.165) is 26.1 Å². The third kappa shape index (κ3) is 5.14. The third-order valence-corrected chi connectivity index (χ3v) is 4.21. The number of hydrogen-bond acceptors (Lipinski definition) is 4. The highest BCUT2D eigenvalue weighted by Crippen LogP contribution is 2.20. The quantitative estimate of drug-likeness (QED) is 0.814. The first-order valence-corrected chi connectivity index (χ1v) is 7.77. The molecule has 0 aromatic heterocycles. The predicted octanol–water partition coefficient (Wildman–Crippen LogP) is 2.05. The van der Waals surface area contributed by atoms with E-state index in [0.29, 0.717) is 18.5 Å². The molecule has 1 aliphatic heterocycles. The Morgan fingerprint density at radius 3 is 2.76 bits per heavy atom. The van der Waals surface area contributed by atoms with Gasteiger partial charge in [-0.2, -0.15) is 0 Å². The first-order valence-electron chi connectivity index (χ1n) is 7.77. The van der Waals surface area contributed by atoms with Gasteiger partial charge in [-0.25, -0.2) is 0 Å². The number of methoxy groups -OCH3 is 1. The molecular formula is C17H26N2O2. The lowest BCUT2D eigenvalue weighted by atomic mass is 9.92. The van der Waals surface area contributed by atoms with Crippen LogP contribution in [0.1, 0.15) is 25.3 Å². The molecule has 1 fully saturated rings. The van der Waals surface area contributed by atoms with E-state index in [4.69, 9.17) is 4.74 Å². The van der Waals surface area contributed by atoms with Crippen molar-refractivity contribution in [3.05, 3.63) is 35.9 Å². The first-order chi connectivity index (χ1) is 10.2. The van der Waals surface area contributed by atoms with Gasteiger partial charge in [-0.05, 0) is 17.9 Å². The molecule has 21 heavy (non-hydrogen) atoms. The molecule has 0 saturated carbocycles. The minimum atomic E-state index is -0.145. The number of nitrogens with zero attached hydrogens (tertiary/aromatic N) is 1. The van der Waals surface area contributed by atoms with E-state index in [-0.39, 0.29) is 5.97 Å². The molecular weight excluding hydrogens is 264 g/mol. The summed E-state index contributed by atoms with van der Waals surface area (Å²) in [5.41, 5.74) is 1.30. The van der Waals surface area contributed by atoms with Crippen molar-refractivity contribution in [3.63, 3.8) is 0 Å². The lowest BCUT2D eigenvalue weighted by Crippen LogP contribution is -2.50. The molecule has 1 N–H and O–H groups in total. The summed E-state index contributed by atoms with van der Waals surface area (Å²) in [4.78, 5) is 13.7. The molecule has 1 saturated heterocycles. The largest absolute Gasteiger partial charge is 0.468 e. The number of benzene rings is 1. The van der Waals surface area contributed by atoms with Crippen molar-refractivity contribution < 1.29 is 9.53 Å². The molecule has 2 atom stereocenters. The molecule has 0 spiro atoms. The summed E-state index contributed by atoms with van der Waals surface area (Å²) in [6, 6.07) is 10.9. The lowest BCUT2D eigenvalue weighted by molar-refractivity contribution is -0.142. The molecule has 1 aromatic carbocycles. The number of ether oxygens (including phenoxy) is 1. The third-order valence-electron chi connectivity index (χ3n) is 4.21. The molecule has 1 aliphatic rings. The van der Waals surface area contributed by atoms with Crippen molar-refractivity contribution in [2.24, 2.45) is 5.92 Å². The summed E-state index contributed by atoms with van der Waals surface area (Å²) in [6.07, 6.45) is 2.34. The fraction of sp³-hybridized carbons (Fsp3) is 0.588. The van der Waals surface area contributed by atoms with E-state index in [9.17, 15) is 4.79 Å². The number of carbonyl (C=O) groups excluding carboxylic acids is 1. The van der Waals surface area contributed by atoms with Gasteiger partial charge in [-0.1, -0.05) is 43.7 Å². The molecule has 0 radical (unpaired) electrons. The van der Waals surface area contributed by atoms with Gasteiger partial charge in [-0.3, -0.25) is 9.69 Å². The summed E-state index contributed by atoms with van der Waals surface area (Å²) < 4.78 is 4.79. The van der Waals surface area contributed by atoms with Crippen LogP contribution < -0.4 is 5.32 Å². The van der Waals surface area contributed by atoms with Crippen LogP contribution >= 0.6 is 0 Å². The van der Waals surface area contributed by atoms with Gasteiger partial charge in [0, 0.05) is 25.7 Å². The van der Waals surface area contributed by atoms with E-state index in [1.165, 1.54) is 19.1 Å². The minimum Gasteiger partial charge on any atom is -0.468 e. The van der Waals surface area contributed by atoms with Crippen molar-refractivity contribution in [2.75, 3.05) is 26.7 Å². The Bertz CT molecular complexity index is 436. The Hall–Kier alpha value is -1.39. The van der Waals surface area contributed by atoms with Gasteiger partial charge < -0.3 is 10.1 Å². The molecule has 116 valence electrons. The molecule has 2 rings (SSSR count). The topological polar surface area (TPSA) is 41.6 Å². The average Bonchev–Trinajstić information content (AvgIpc) is 2.53. The number of nitrogens with one attached hydrogen (secondary N) is 1. The van der Waals surface area contributed by atoms with Gasteiger partial charge in [0.2, 0.25) is 0 Å². The van der Waals surface area contributed by atoms with Gasteiger partial charge in [0.15, 0.2) is 0 Å². The maximum absolute atomic E-state index is 11.5. The van der Waals surface area contributed by atoms with Crippen LogP contribution in [-0.2, 0) is 16.1 Å². The van der Waals surface area contributed by atoms with Crippen LogP contribution in [0.4, 0.5) is 0 Å². The molecule has 0 amide bonds. The summed E-state index contributed by atoms with van der Waals surface area (Å²) in [5, 5.41) is 3.63. The number of carbonyl (C=O) groups is 1. The summed E-state index contributed by atoms with van der Waals surface area (Å²) in [7, 11) is 1.45. The number of piperidine rings is 1. The van der Waals surface area contributed by atoms with Gasteiger partial charge in [-0.15, -0.1) is 0 Å². The minimum absolute atomic E-state index is 0.145. The van der Waals surface area contributed by atoms with E-state index in [2.05, 4.69) is 41.4 Å². The number of likely N-dealkylation sites (tertiary alicyclic amines) is 1. The van der Waals surface area contributed by atoms with Crippen LogP contribution in [0.3, 0.4) is 0 Å². The standard InChI is InChI=1S/C17H26N2O2/c1-3-14-9-16(12-19(11-14)13-17(20)21-2)18-10-15-7-5-4-6-8-15/h4-8,14,16,18H,3,9-13H2,1-2H3. The summed E-state index contributed by atoms with van der Waals surface area (Å²) in [5.74, 6) is 0.505. The van der Waals surface area contributed by atoms with E-state index in [1.54, 1.807) is 0 Å². The second kappa shape index (κ2) is 8.15. The molecule has 1 heterocycles. The number of hydrogen-bond donors (Lipinski definition) is 1. The van der Waals surface area contributed by atoms with Crippen molar-refractivity contribution in [3.8, 4) is 0 Å². The fourth-order valence-corrected chi connectivity index (χ4v) is 2.98. The molecule has 1 aromatic rings. The van der Waals surface area contributed by atoms with Crippen molar-refractivity contribution in [1.82, 2.24) is 10.2 Å². The van der Waals surface area contributed by atoms with Gasteiger partial charge >= 0.3 is 5.97 Å². The molecule has 0 bridgehead atoms. The van der Waals surface area contributed by atoms with Crippen LogP contribution in [0, 0.1) is 5.92 Å². The smallest absolute Gasteiger partial charge is 0.319 e. The van der Waals surface area contributed by atoms with E-state index in [1.807, 2.05) is 6.07 Å². The van der Waals surface area contributed by atoms with Crippen LogP contribution in [0.2, 0.25) is 0 Å². The van der Waals surface area contributed by atoms with E-state index >= 15 is 0 Å². The Morgan fingerprint density at radius 2 is 2.10 bits per heavy atom. The monoisotopic (exact) mass is 290 g/mol. The van der Waals surface area contributed by atoms with E-state index < -0.39 is 0 Å². The van der Waals surface area contributed by atoms with Crippen LogP contribution in [0.15, 0.2) is 30.3 Å². The maximum atomic E-state index is 11.5. The maximum Gasteiger partial charge on any atom is 0.319 e. The highest BCUT2D eigenvalue weighted by Gasteiger charge is 2.27. The molecule has 2 unspecified atom stereocenters. The van der Waals surface area contributed by atoms with Gasteiger partial charge in [0.05, 0.1) is 13.7 Å². The zero-order valence-electron chi connectivity index (χ0n) is 13.0. The van der Waals surface area contributed by atoms with Crippen LogP contribution in [0.25, 0.3) is 0 Å². The fourth-order valence-electron chi connectivity index (χ4n) is 2.98. The zero-order chi connectivity index (χ0) is 15.1. The van der Waals surface area contributed by atoms with Gasteiger partial charge in [0.25, 0.3) is 0 Å². The summed E-state index contributed by atoms with van der Waals surface area (Å²) in [6.45, 7) is 5.42. The molecule has 4 heteroatoms. The van der Waals surface area contributed by atoms with Gasteiger partial charge in [0.1, 0.15) is 0 Å². The Balaban J connectivity index is 1.87. The normalized spacial score (nSPS) is 23.0. The second-order valence-electron chi connectivity index (χ2n) is 5.84. The second-order valence-corrected chi connectivity index (χ2v) is 5.84. The highest BCUT2D eigenvalue weighted by atomic mass is 16.5. The highest BCUT2D eigenvalue weighted by molar-refractivity contribution is 5.71. The molecule has 4 nitrogen and oxygen atoms in total. The van der Waals surface area contributed by atoms with Crippen LogP contribution in [0.5, 0.6) is 0 Å². The average molecular weight is 290 g/mol. The summed E-state index contributed by atoms with van der Waals surface area (Å²) >= 11 is 0. The Kier molecular flexibility index (Phi) is 6.21. The Labute approximate surface area is 127 Å². The SMILES string of the molecule is CCC1CC(NCc2ccccc2)CN(CC(=O)OC)C1. The lowest BCUT2D eigenvalue weighted by Gasteiger charge is -2.37. The zero-order valence-corrected chi connectivity index (χ0v) is 13.0. The van der Waals surface area contributed by atoms with Crippen molar-refractivity contribution in [1.29, 1.82) is 0 Å². The number of esters is 1.